The first-order valence-corrected chi connectivity index (χ1v) is 9.43. The van der Waals surface area contributed by atoms with Crippen molar-refractivity contribution in [3.8, 4) is 5.75 Å². The number of nitrogens with one attached hydrogen (secondary N) is 1. The molecule has 27 heavy (non-hydrogen) atoms. The van der Waals surface area contributed by atoms with E-state index in [1.54, 1.807) is 6.07 Å². The van der Waals surface area contributed by atoms with Crippen LogP contribution in [0.25, 0.3) is 0 Å². The van der Waals surface area contributed by atoms with Gasteiger partial charge in [0, 0.05) is 32.2 Å². The fourth-order valence-electron chi connectivity index (χ4n) is 3.04. The first kappa shape index (κ1) is 19.1. The van der Waals surface area contributed by atoms with Gasteiger partial charge in [-0.15, -0.1) is 0 Å². The Kier molecular flexibility index (Phi) is 6.24. The summed E-state index contributed by atoms with van der Waals surface area (Å²) in [6.45, 7) is 10.4. The Bertz CT molecular complexity index is 772. The summed E-state index contributed by atoms with van der Waals surface area (Å²) in [5, 5.41) is 3.24. The lowest BCUT2D eigenvalue weighted by molar-refractivity contribution is 0.0637. The van der Waals surface area contributed by atoms with Gasteiger partial charge in [-0.1, -0.05) is 19.1 Å². The maximum Gasteiger partial charge on any atom is 0.272 e. The summed E-state index contributed by atoms with van der Waals surface area (Å²) in [7, 11) is 0. The predicted molar refractivity (Wildman–Crippen MR) is 106 cm³/mol. The number of piperazine rings is 1. The van der Waals surface area contributed by atoms with E-state index in [0.717, 1.165) is 44.2 Å². The van der Waals surface area contributed by atoms with E-state index in [1.807, 2.05) is 43.0 Å². The third-order valence-corrected chi connectivity index (χ3v) is 4.51. The SMILES string of the molecule is CCN1CCN(C(=O)c2cc(Nc3ccccc3OC(C)C)ncn2)CC1. The highest BCUT2D eigenvalue weighted by molar-refractivity contribution is 5.93. The number of rotatable bonds is 6. The van der Waals surface area contributed by atoms with Crippen LogP contribution in [-0.2, 0) is 0 Å². The minimum absolute atomic E-state index is 0.0529. The number of amides is 1. The molecule has 7 nitrogen and oxygen atoms in total. The molecule has 1 aromatic heterocycles. The average molecular weight is 369 g/mol. The van der Waals surface area contributed by atoms with Gasteiger partial charge in [-0.25, -0.2) is 9.97 Å². The number of ether oxygens (including phenoxy) is 1. The number of aromatic nitrogens is 2. The minimum atomic E-state index is -0.0529. The van der Waals surface area contributed by atoms with Gasteiger partial charge < -0.3 is 19.9 Å². The van der Waals surface area contributed by atoms with E-state index in [2.05, 4.69) is 27.1 Å². The summed E-state index contributed by atoms with van der Waals surface area (Å²) >= 11 is 0. The number of benzene rings is 1. The molecule has 1 amide bonds. The van der Waals surface area contributed by atoms with Gasteiger partial charge in [0.1, 0.15) is 23.6 Å². The molecular formula is C20H27N5O2. The van der Waals surface area contributed by atoms with Crippen LogP contribution in [0.4, 0.5) is 11.5 Å². The van der Waals surface area contributed by atoms with E-state index < -0.39 is 0 Å². The van der Waals surface area contributed by atoms with Crippen LogP contribution in [0.3, 0.4) is 0 Å². The highest BCUT2D eigenvalue weighted by Gasteiger charge is 2.22. The second-order valence-corrected chi connectivity index (χ2v) is 6.80. The molecule has 1 N–H and O–H groups in total. The van der Waals surface area contributed by atoms with Crippen molar-refractivity contribution in [1.29, 1.82) is 0 Å². The lowest BCUT2D eigenvalue weighted by Crippen LogP contribution is -2.48. The average Bonchev–Trinajstić information content (AvgIpc) is 2.69. The van der Waals surface area contributed by atoms with Gasteiger partial charge in [0.05, 0.1) is 11.8 Å². The van der Waals surface area contributed by atoms with Gasteiger partial charge in [0.25, 0.3) is 5.91 Å². The predicted octanol–water partition coefficient (Wildman–Crippen LogP) is 2.79. The molecule has 0 atom stereocenters. The summed E-state index contributed by atoms with van der Waals surface area (Å²) in [5.41, 5.74) is 1.21. The lowest BCUT2D eigenvalue weighted by atomic mass is 10.2. The molecule has 3 rings (SSSR count). The molecule has 0 aliphatic carbocycles. The fraction of sp³-hybridized carbons (Fsp3) is 0.450. The van der Waals surface area contributed by atoms with Crippen LogP contribution in [0.1, 0.15) is 31.3 Å². The summed E-state index contributed by atoms with van der Waals surface area (Å²) in [5.74, 6) is 1.26. The van der Waals surface area contributed by atoms with Crippen LogP contribution in [-0.4, -0.2) is 64.5 Å². The number of nitrogens with zero attached hydrogens (tertiary/aromatic N) is 4. The van der Waals surface area contributed by atoms with E-state index >= 15 is 0 Å². The molecular weight excluding hydrogens is 342 g/mol. The van der Waals surface area contributed by atoms with E-state index in [1.165, 1.54) is 6.33 Å². The smallest absolute Gasteiger partial charge is 0.272 e. The van der Waals surface area contributed by atoms with Crippen molar-refractivity contribution in [3.05, 3.63) is 42.4 Å². The minimum Gasteiger partial charge on any atom is -0.489 e. The van der Waals surface area contributed by atoms with Crippen LogP contribution in [0, 0.1) is 0 Å². The highest BCUT2D eigenvalue weighted by Crippen LogP contribution is 2.27. The highest BCUT2D eigenvalue weighted by atomic mass is 16.5. The number of hydrogen-bond donors (Lipinski definition) is 1. The third kappa shape index (κ3) is 4.95. The first-order chi connectivity index (χ1) is 13.1. The Morgan fingerprint density at radius 3 is 2.63 bits per heavy atom. The molecule has 1 aromatic carbocycles. The Balaban J connectivity index is 1.72. The summed E-state index contributed by atoms with van der Waals surface area (Å²) < 4.78 is 5.83. The number of carbonyl (C=O) groups is 1. The van der Waals surface area contributed by atoms with Crippen molar-refractivity contribution in [2.24, 2.45) is 0 Å². The second-order valence-electron chi connectivity index (χ2n) is 6.80. The summed E-state index contributed by atoms with van der Waals surface area (Å²) in [4.78, 5) is 25.4. The topological polar surface area (TPSA) is 70.6 Å². The number of hydrogen-bond acceptors (Lipinski definition) is 6. The third-order valence-electron chi connectivity index (χ3n) is 4.51. The van der Waals surface area contributed by atoms with Gasteiger partial charge in [-0.3, -0.25) is 4.79 Å². The molecule has 0 saturated carbocycles. The number of carbonyl (C=O) groups excluding carboxylic acids is 1. The van der Waals surface area contributed by atoms with Gasteiger partial charge in [0.15, 0.2) is 0 Å². The maximum atomic E-state index is 12.8. The molecule has 7 heteroatoms. The van der Waals surface area contributed by atoms with E-state index in [4.69, 9.17) is 4.74 Å². The van der Waals surface area contributed by atoms with Gasteiger partial charge in [-0.05, 0) is 32.5 Å². The van der Waals surface area contributed by atoms with Crippen LogP contribution in [0.15, 0.2) is 36.7 Å². The first-order valence-electron chi connectivity index (χ1n) is 9.43. The zero-order chi connectivity index (χ0) is 19.2. The van der Waals surface area contributed by atoms with E-state index in [0.29, 0.717) is 11.5 Å². The van der Waals surface area contributed by atoms with Gasteiger partial charge in [-0.2, -0.15) is 0 Å². The van der Waals surface area contributed by atoms with E-state index in [-0.39, 0.29) is 12.0 Å². The Hall–Kier alpha value is -2.67. The molecule has 1 aliphatic heterocycles. The van der Waals surface area contributed by atoms with Crippen molar-refractivity contribution >= 4 is 17.4 Å². The molecule has 0 spiro atoms. The largest absolute Gasteiger partial charge is 0.489 e. The van der Waals surface area contributed by atoms with Crippen molar-refractivity contribution in [2.45, 2.75) is 26.9 Å². The van der Waals surface area contributed by atoms with Gasteiger partial charge >= 0.3 is 0 Å². The number of para-hydroxylation sites is 2. The van der Waals surface area contributed by atoms with Crippen molar-refractivity contribution in [1.82, 2.24) is 19.8 Å². The summed E-state index contributed by atoms with van der Waals surface area (Å²) in [6, 6.07) is 9.37. The van der Waals surface area contributed by atoms with Crippen LogP contribution < -0.4 is 10.1 Å². The number of anilines is 2. The quantitative estimate of drug-likeness (QED) is 0.844. The Morgan fingerprint density at radius 1 is 1.19 bits per heavy atom. The Labute approximate surface area is 160 Å². The van der Waals surface area contributed by atoms with Crippen LogP contribution in [0.2, 0.25) is 0 Å². The maximum absolute atomic E-state index is 12.8. The lowest BCUT2D eigenvalue weighted by Gasteiger charge is -2.33. The second kappa shape index (κ2) is 8.81. The van der Waals surface area contributed by atoms with E-state index in [9.17, 15) is 4.79 Å². The molecule has 0 unspecified atom stereocenters. The van der Waals surface area contributed by atoms with Crippen LogP contribution >= 0.6 is 0 Å². The standard InChI is InChI=1S/C20H27N5O2/c1-4-24-9-11-25(12-10-24)20(26)17-13-19(22-14-21-17)23-16-7-5-6-8-18(16)27-15(2)3/h5-8,13-15H,4,9-12H2,1-3H3,(H,21,22,23). The zero-order valence-corrected chi connectivity index (χ0v) is 16.2. The van der Waals surface area contributed by atoms with Crippen molar-refractivity contribution in [2.75, 3.05) is 38.0 Å². The zero-order valence-electron chi connectivity index (χ0n) is 16.2. The molecule has 1 saturated heterocycles. The monoisotopic (exact) mass is 369 g/mol. The van der Waals surface area contributed by atoms with Crippen LogP contribution in [0.5, 0.6) is 5.75 Å². The van der Waals surface area contributed by atoms with Crippen molar-refractivity contribution < 1.29 is 9.53 Å². The molecule has 144 valence electrons. The molecule has 0 radical (unpaired) electrons. The molecule has 2 aromatic rings. The normalized spacial score (nSPS) is 15.0. The van der Waals surface area contributed by atoms with Crippen molar-refractivity contribution in [3.63, 3.8) is 0 Å². The molecule has 1 aliphatic rings. The molecule has 2 heterocycles. The molecule has 1 fully saturated rings. The molecule has 0 bridgehead atoms. The van der Waals surface area contributed by atoms with Gasteiger partial charge in [0.2, 0.25) is 0 Å². The number of likely N-dealkylation sites (N-methyl/N-ethyl adjacent to an activating group) is 1. The fourth-order valence-corrected chi connectivity index (χ4v) is 3.04. The summed E-state index contributed by atoms with van der Waals surface area (Å²) in [6.07, 6.45) is 1.49. The Morgan fingerprint density at radius 2 is 1.93 bits per heavy atom.